The Kier molecular flexibility index (Phi) is 318. The van der Waals surface area contributed by atoms with Gasteiger partial charge in [-0.3, -0.25) is 0 Å². The zero-order valence-electron chi connectivity index (χ0n) is 3.84. The van der Waals surface area contributed by atoms with E-state index < -0.39 is 0 Å². The Morgan fingerprint density at radius 3 is 0.250 bits per heavy atom. The Morgan fingerprint density at radius 2 is 0.250 bits per heavy atom. The molecule has 0 unspecified atom stereocenters. The van der Waals surface area contributed by atoms with Gasteiger partial charge in [0.25, 0.3) is 0 Å². The van der Waals surface area contributed by atoms with Crippen molar-refractivity contribution in [2.45, 2.75) is 0 Å². The van der Waals surface area contributed by atoms with Gasteiger partial charge >= 0.3 is 0 Å². The van der Waals surface area contributed by atoms with E-state index in [1.54, 1.807) is 0 Å². The van der Waals surface area contributed by atoms with E-state index in [0.717, 1.165) is 0 Å². The van der Waals surface area contributed by atoms with E-state index in [1.165, 1.54) is 0 Å². The summed E-state index contributed by atoms with van der Waals surface area (Å²) in [5.74, 6) is 0. The maximum Gasteiger partial charge on any atom is 0 e. The number of rotatable bonds is 0. The smallest absolute Gasteiger partial charge is 0 e. The molecule has 0 aromatic carbocycles. The number of hydrogen-bond donors (Lipinski definition) is 0. The molecule has 0 bridgehead atoms. The van der Waals surface area contributed by atoms with Crippen LogP contribution in [0, 0.1) is 115 Å². The largest absolute Gasteiger partial charge is 0 e. The molecule has 8 heavy (non-hydrogen) atoms. The molecule has 15 radical (unpaired) electrons. The number of hydrogen-bond acceptors (Lipinski definition) is 0. The van der Waals surface area contributed by atoms with Gasteiger partial charge in [0, 0.05) is 244 Å². The van der Waals surface area contributed by atoms with Crippen LogP contribution >= 0.6 is 0 Å². The second kappa shape index (κ2) is 45.6. The minimum absolute atomic E-state index is 0. The third kappa shape index (κ3) is 36.8. The molecule has 0 saturated heterocycles. The molecule has 0 saturated carbocycles. The van der Waals surface area contributed by atoms with Crippen LogP contribution in [0.2, 0.25) is 0 Å². The van der Waals surface area contributed by atoms with Crippen molar-refractivity contribution >= 4 is 129 Å². The van der Waals surface area contributed by atoms with Crippen LogP contribution in [0.4, 0.5) is 0 Å². The van der Waals surface area contributed by atoms with E-state index in [-0.39, 0.29) is 244 Å². The van der Waals surface area contributed by atoms with E-state index in [4.69, 9.17) is 0 Å². The quantitative estimate of drug-likeness (QED) is 0.267. The Balaban J connectivity index is 0. The summed E-state index contributed by atoms with van der Waals surface area (Å²) in [5, 5.41) is 0. The van der Waals surface area contributed by atoms with E-state index in [0.29, 0.717) is 0 Å². The van der Waals surface area contributed by atoms with Crippen LogP contribution in [-0.4, -0.2) is 129 Å². The summed E-state index contributed by atoms with van der Waals surface area (Å²) in [7, 11) is 0. The molecule has 0 amide bonds. The van der Waals surface area contributed by atoms with Gasteiger partial charge in [-0.15, -0.1) is 0 Å². The van der Waals surface area contributed by atoms with Crippen molar-refractivity contribution in [2.24, 2.45) is 0 Å². The van der Waals surface area contributed by atoms with Crippen LogP contribution in [0.3, 0.4) is 0 Å². The topological polar surface area (TPSA) is 0 Å². The summed E-state index contributed by atoms with van der Waals surface area (Å²) in [6, 6.07) is 0. The van der Waals surface area contributed by atoms with Crippen LogP contribution in [0.5, 0.6) is 0 Å². The SMILES string of the molecule is [Dy].[Dy].[Dy].[In].[In].[In].[In].[In]. The molecule has 0 atom stereocenters. The van der Waals surface area contributed by atoms with Crippen LogP contribution in [-0.2, 0) is 0 Å². The third-order valence-electron chi connectivity index (χ3n) is 0. The molecule has 0 heterocycles. The molecule has 0 rings (SSSR count). The van der Waals surface area contributed by atoms with E-state index in [2.05, 4.69) is 0 Å². The fourth-order valence-electron chi connectivity index (χ4n) is 0. The molecule has 0 nitrogen and oxygen atoms in total. The van der Waals surface area contributed by atoms with Crippen molar-refractivity contribution in [1.82, 2.24) is 0 Å². The predicted molar refractivity (Wildman–Crippen MR) is 28.8 cm³/mol. The first kappa shape index (κ1) is 55.8. The van der Waals surface area contributed by atoms with Crippen LogP contribution in [0.25, 0.3) is 0 Å². The average Bonchev–Trinajstić information content (AvgIpc) is 0. The van der Waals surface area contributed by atoms with Gasteiger partial charge in [-0.05, 0) is 0 Å². The first-order chi connectivity index (χ1) is 0. The van der Waals surface area contributed by atoms with Gasteiger partial charge in [-0.25, -0.2) is 0 Å². The normalized spacial score (nSPS) is 0. The molecule has 0 aliphatic carbocycles. The molecule has 0 spiro atoms. The fraction of sp³-hybridized carbons (Fsp3) is 0. The second-order valence-electron chi connectivity index (χ2n) is 0. The average molecular weight is 1060 g/mol. The molecule has 0 N–H and O–H groups in total. The van der Waals surface area contributed by atoms with Gasteiger partial charge in [0.15, 0.2) is 0 Å². The zero-order valence-corrected chi connectivity index (χ0v) is 26.4. The minimum Gasteiger partial charge on any atom is 0 e. The molecular formula is Dy3In5. The second-order valence-corrected chi connectivity index (χ2v) is 0. The van der Waals surface area contributed by atoms with Crippen molar-refractivity contribution in [2.75, 3.05) is 0 Å². The Morgan fingerprint density at radius 1 is 0.250 bits per heavy atom. The molecule has 8 heteroatoms. The molecular weight excluding hydrogens is 1060 g/mol. The Bertz CT molecular complexity index is 7.64. The van der Waals surface area contributed by atoms with Crippen molar-refractivity contribution in [1.29, 1.82) is 0 Å². The van der Waals surface area contributed by atoms with E-state index >= 15 is 0 Å². The summed E-state index contributed by atoms with van der Waals surface area (Å²) in [6.45, 7) is 0. The van der Waals surface area contributed by atoms with Crippen molar-refractivity contribution in [3.8, 4) is 0 Å². The van der Waals surface area contributed by atoms with Crippen molar-refractivity contribution in [3.63, 3.8) is 0 Å². The standard InChI is InChI=1S/3Dy.5In. The van der Waals surface area contributed by atoms with E-state index in [1.807, 2.05) is 0 Å². The summed E-state index contributed by atoms with van der Waals surface area (Å²) in [6.07, 6.45) is 0. The molecule has 0 aliphatic heterocycles. The fourth-order valence-corrected chi connectivity index (χ4v) is 0. The molecule has 0 aromatic rings. The van der Waals surface area contributed by atoms with Crippen LogP contribution < -0.4 is 0 Å². The third-order valence-corrected chi connectivity index (χ3v) is 0. The van der Waals surface area contributed by atoms with Gasteiger partial charge in [0.05, 0.1) is 0 Å². The molecule has 45 valence electrons. The predicted octanol–water partition coefficient (Wildman–Crippen LogP) is -1.90. The van der Waals surface area contributed by atoms with Crippen LogP contribution in [0.15, 0.2) is 0 Å². The van der Waals surface area contributed by atoms with Gasteiger partial charge in [0.1, 0.15) is 0 Å². The first-order valence-electron chi connectivity index (χ1n) is 0. The molecule has 0 fully saturated rings. The summed E-state index contributed by atoms with van der Waals surface area (Å²) >= 11 is 0. The maximum atomic E-state index is 0. The van der Waals surface area contributed by atoms with Crippen molar-refractivity contribution in [3.05, 3.63) is 0 Å². The van der Waals surface area contributed by atoms with Gasteiger partial charge < -0.3 is 0 Å². The van der Waals surface area contributed by atoms with Gasteiger partial charge in [-0.1, -0.05) is 0 Å². The van der Waals surface area contributed by atoms with E-state index in [9.17, 15) is 0 Å². The maximum absolute atomic E-state index is 0. The Labute approximate surface area is 235 Å². The van der Waals surface area contributed by atoms with Crippen molar-refractivity contribution < 1.29 is 115 Å². The monoisotopic (exact) mass is 1070 g/mol. The molecule has 0 aliphatic rings. The first-order valence-corrected chi connectivity index (χ1v) is 0. The Hall–Kier alpha value is 8.17. The molecule has 0 aromatic heterocycles. The summed E-state index contributed by atoms with van der Waals surface area (Å²) < 4.78 is 0. The van der Waals surface area contributed by atoms with Gasteiger partial charge in [-0.2, -0.15) is 0 Å². The van der Waals surface area contributed by atoms with Crippen LogP contribution in [0.1, 0.15) is 0 Å². The van der Waals surface area contributed by atoms with Gasteiger partial charge in [0.2, 0.25) is 0 Å². The summed E-state index contributed by atoms with van der Waals surface area (Å²) in [4.78, 5) is 0. The zero-order chi connectivity index (χ0) is 0. The minimum atomic E-state index is 0. The summed E-state index contributed by atoms with van der Waals surface area (Å²) in [5.41, 5.74) is 0.